The van der Waals surface area contributed by atoms with Gasteiger partial charge in [0.1, 0.15) is 0 Å². The number of anilines is 1. The van der Waals surface area contributed by atoms with Crippen molar-refractivity contribution in [1.82, 2.24) is 9.71 Å². The molecular weight excluding hydrogens is 326 g/mol. The predicted octanol–water partition coefficient (Wildman–Crippen LogP) is 3.17. The Labute approximate surface area is 146 Å². The van der Waals surface area contributed by atoms with Crippen molar-refractivity contribution in [3.63, 3.8) is 0 Å². The first-order valence-electron chi connectivity index (χ1n) is 8.77. The number of rotatable bonds is 13. The van der Waals surface area contributed by atoms with Crippen LogP contribution in [0.4, 0.5) is 5.69 Å². The predicted molar refractivity (Wildman–Crippen MR) is 99.0 cm³/mol. The van der Waals surface area contributed by atoms with E-state index in [2.05, 4.69) is 21.9 Å². The van der Waals surface area contributed by atoms with Crippen molar-refractivity contribution in [1.29, 1.82) is 0 Å². The van der Waals surface area contributed by atoms with Crippen LogP contribution in [0.3, 0.4) is 0 Å². The zero-order chi connectivity index (χ0) is 17.8. The van der Waals surface area contributed by atoms with E-state index in [1.807, 2.05) is 12.1 Å². The van der Waals surface area contributed by atoms with E-state index in [4.69, 9.17) is 4.74 Å². The van der Waals surface area contributed by atoms with Gasteiger partial charge >= 0.3 is 0 Å². The van der Waals surface area contributed by atoms with Crippen LogP contribution in [-0.2, 0) is 10.0 Å². The lowest BCUT2D eigenvalue weighted by Gasteiger charge is -2.10. The molecule has 1 heterocycles. The first-order chi connectivity index (χ1) is 11.5. The summed E-state index contributed by atoms with van der Waals surface area (Å²) in [5.74, 6) is 0.659. The van der Waals surface area contributed by atoms with E-state index in [1.165, 1.54) is 0 Å². The van der Waals surface area contributed by atoms with Crippen LogP contribution in [0.5, 0.6) is 5.88 Å². The van der Waals surface area contributed by atoms with Gasteiger partial charge in [-0.15, -0.1) is 0 Å². The summed E-state index contributed by atoms with van der Waals surface area (Å²) in [5, 5.41) is 2.93. The lowest BCUT2D eigenvalue weighted by molar-refractivity contribution is 0.298. The second kappa shape index (κ2) is 11.3. The molecule has 7 heteroatoms. The van der Waals surface area contributed by atoms with Gasteiger partial charge in [0.05, 0.1) is 23.7 Å². The van der Waals surface area contributed by atoms with E-state index in [9.17, 15) is 8.42 Å². The zero-order valence-electron chi connectivity index (χ0n) is 15.0. The van der Waals surface area contributed by atoms with Crippen LogP contribution >= 0.6 is 0 Å². The SMILES string of the molecule is CCCCOc1ccc(NCCCCCNS(=O)(=O)C(C)C)cn1. The van der Waals surface area contributed by atoms with E-state index >= 15 is 0 Å². The minimum atomic E-state index is -3.13. The highest BCUT2D eigenvalue weighted by molar-refractivity contribution is 7.90. The van der Waals surface area contributed by atoms with E-state index in [1.54, 1.807) is 20.0 Å². The van der Waals surface area contributed by atoms with Crippen LogP contribution in [-0.4, -0.2) is 38.3 Å². The Balaban J connectivity index is 2.11. The van der Waals surface area contributed by atoms with Gasteiger partial charge in [-0.1, -0.05) is 19.8 Å². The van der Waals surface area contributed by atoms with Gasteiger partial charge in [0.2, 0.25) is 15.9 Å². The molecule has 0 saturated heterocycles. The Kier molecular flexibility index (Phi) is 9.71. The lowest BCUT2D eigenvalue weighted by atomic mass is 10.2. The first kappa shape index (κ1) is 20.7. The fraction of sp³-hybridized carbons (Fsp3) is 0.706. The van der Waals surface area contributed by atoms with Gasteiger partial charge in [-0.05, 0) is 39.2 Å². The molecule has 0 bridgehead atoms. The molecule has 0 amide bonds. The Morgan fingerprint density at radius 3 is 2.50 bits per heavy atom. The molecule has 138 valence electrons. The largest absolute Gasteiger partial charge is 0.478 e. The summed E-state index contributed by atoms with van der Waals surface area (Å²) < 4.78 is 31.3. The van der Waals surface area contributed by atoms with Gasteiger partial charge in [-0.2, -0.15) is 0 Å². The number of hydrogen-bond acceptors (Lipinski definition) is 5. The average Bonchev–Trinajstić information content (AvgIpc) is 2.55. The summed E-state index contributed by atoms with van der Waals surface area (Å²) in [4.78, 5) is 4.26. The molecule has 1 aromatic heterocycles. The second-order valence-electron chi connectivity index (χ2n) is 6.06. The summed E-state index contributed by atoms with van der Waals surface area (Å²) in [6.45, 7) is 7.54. The van der Waals surface area contributed by atoms with Crippen molar-refractivity contribution in [2.24, 2.45) is 0 Å². The van der Waals surface area contributed by atoms with Gasteiger partial charge < -0.3 is 10.1 Å². The van der Waals surface area contributed by atoms with Crippen LogP contribution in [0.2, 0.25) is 0 Å². The van der Waals surface area contributed by atoms with Crippen molar-refractivity contribution >= 4 is 15.7 Å². The summed E-state index contributed by atoms with van der Waals surface area (Å²) in [7, 11) is -3.13. The van der Waals surface area contributed by atoms with Gasteiger partial charge in [0.15, 0.2) is 0 Å². The number of ether oxygens (including phenoxy) is 1. The number of nitrogens with one attached hydrogen (secondary N) is 2. The zero-order valence-corrected chi connectivity index (χ0v) is 15.9. The van der Waals surface area contributed by atoms with Gasteiger partial charge in [0, 0.05) is 19.2 Å². The molecule has 0 aromatic carbocycles. The molecule has 0 saturated carbocycles. The molecule has 24 heavy (non-hydrogen) atoms. The monoisotopic (exact) mass is 357 g/mol. The van der Waals surface area contributed by atoms with Crippen molar-refractivity contribution in [2.45, 2.75) is 58.1 Å². The van der Waals surface area contributed by atoms with E-state index in [0.29, 0.717) is 19.0 Å². The smallest absolute Gasteiger partial charge is 0.213 e. The Morgan fingerprint density at radius 2 is 1.88 bits per heavy atom. The van der Waals surface area contributed by atoms with E-state index in [0.717, 1.165) is 44.3 Å². The quantitative estimate of drug-likeness (QED) is 0.530. The third-order valence-corrected chi connectivity index (χ3v) is 5.44. The maximum atomic E-state index is 11.6. The molecule has 0 fully saturated rings. The maximum Gasteiger partial charge on any atom is 0.213 e. The average molecular weight is 358 g/mol. The molecule has 1 aromatic rings. The molecule has 0 unspecified atom stereocenters. The summed E-state index contributed by atoms with van der Waals surface area (Å²) >= 11 is 0. The first-order valence-corrected chi connectivity index (χ1v) is 10.3. The molecule has 0 aliphatic carbocycles. The topological polar surface area (TPSA) is 80.3 Å². The minimum Gasteiger partial charge on any atom is -0.478 e. The normalized spacial score (nSPS) is 11.7. The molecule has 2 N–H and O–H groups in total. The van der Waals surface area contributed by atoms with Crippen molar-refractivity contribution < 1.29 is 13.2 Å². The van der Waals surface area contributed by atoms with Gasteiger partial charge in [0.25, 0.3) is 0 Å². The Bertz CT molecular complexity index is 545. The lowest BCUT2D eigenvalue weighted by Crippen LogP contribution is -2.31. The molecule has 0 aliphatic rings. The van der Waals surface area contributed by atoms with Crippen LogP contribution in [0.1, 0.15) is 52.9 Å². The van der Waals surface area contributed by atoms with E-state index in [-0.39, 0.29) is 5.25 Å². The van der Waals surface area contributed by atoms with Crippen LogP contribution in [0.15, 0.2) is 18.3 Å². The number of hydrogen-bond donors (Lipinski definition) is 2. The molecule has 1 rings (SSSR count). The molecular formula is C17H31N3O3S. The van der Waals surface area contributed by atoms with Crippen molar-refractivity contribution in [2.75, 3.05) is 25.0 Å². The number of pyridine rings is 1. The van der Waals surface area contributed by atoms with Crippen molar-refractivity contribution in [3.8, 4) is 5.88 Å². The highest BCUT2D eigenvalue weighted by Crippen LogP contribution is 2.12. The number of unbranched alkanes of at least 4 members (excludes halogenated alkanes) is 3. The standard InChI is InChI=1S/C17H31N3O3S/c1-4-5-13-23-17-10-9-16(14-19-17)18-11-7-6-8-12-20-24(21,22)15(2)3/h9-10,14-15,18,20H,4-8,11-13H2,1-3H3. The fourth-order valence-corrected chi connectivity index (χ4v) is 2.69. The Hall–Kier alpha value is -1.34. The van der Waals surface area contributed by atoms with E-state index < -0.39 is 10.0 Å². The third-order valence-electron chi connectivity index (χ3n) is 3.59. The second-order valence-corrected chi connectivity index (χ2v) is 8.38. The maximum absolute atomic E-state index is 11.6. The van der Waals surface area contributed by atoms with Gasteiger partial charge in [-0.3, -0.25) is 0 Å². The molecule has 0 atom stereocenters. The fourth-order valence-electron chi connectivity index (χ4n) is 1.93. The number of aromatic nitrogens is 1. The molecule has 0 aliphatic heterocycles. The summed E-state index contributed by atoms with van der Waals surface area (Å²) in [5.41, 5.74) is 0.971. The third kappa shape index (κ3) is 8.49. The van der Waals surface area contributed by atoms with Crippen LogP contribution in [0, 0.1) is 0 Å². The number of sulfonamides is 1. The van der Waals surface area contributed by atoms with Crippen molar-refractivity contribution in [3.05, 3.63) is 18.3 Å². The highest BCUT2D eigenvalue weighted by Gasteiger charge is 2.13. The van der Waals surface area contributed by atoms with Gasteiger partial charge in [-0.25, -0.2) is 18.1 Å². The summed E-state index contributed by atoms with van der Waals surface area (Å²) in [6.07, 6.45) is 6.72. The van der Waals surface area contributed by atoms with Crippen LogP contribution < -0.4 is 14.8 Å². The highest BCUT2D eigenvalue weighted by atomic mass is 32.2. The van der Waals surface area contributed by atoms with Crippen LogP contribution in [0.25, 0.3) is 0 Å². The minimum absolute atomic E-state index is 0.374. The Morgan fingerprint density at radius 1 is 1.12 bits per heavy atom. The summed E-state index contributed by atoms with van der Waals surface area (Å²) in [6, 6.07) is 3.84. The molecule has 0 spiro atoms. The number of nitrogens with zero attached hydrogens (tertiary/aromatic N) is 1. The molecule has 6 nitrogen and oxygen atoms in total. The molecule has 0 radical (unpaired) electrons.